The fourth-order valence-electron chi connectivity index (χ4n) is 2.42. The highest BCUT2D eigenvalue weighted by atomic mass is 32.2. The Kier molecular flexibility index (Phi) is 8.79. The van der Waals surface area contributed by atoms with E-state index in [1.165, 1.54) is 21.8 Å². The number of esters is 1. The van der Waals surface area contributed by atoms with Crippen molar-refractivity contribution in [3.05, 3.63) is 45.4 Å². The average molecular weight is 421 g/mol. The van der Waals surface area contributed by atoms with E-state index >= 15 is 0 Å². The molecule has 0 fully saturated rings. The van der Waals surface area contributed by atoms with Gasteiger partial charge in [-0.3, -0.25) is 4.99 Å². The maximum absolute atomic E-state index is 12.0. The standard InChI is InChI=1S/C20H28N4O2S2/c1-6-26-19(25)17-14(3)23-18(28-17)15(4)24-20(21-5)22-11-12-27-16-9-7-13(2)8-10-16/h7-10,15H,6,11-12H2,1-5H3,(H2,21,22,24). The normalized spacial score (nSPS) is 12.5. The maximum atomic E-state index is 12.0. The molecular weight excluding hydrogens is 392 g/mol. The van der Waals surface area contributed by atoms with Gasteiger partial charge in [-0.1, -0.05) is 17.7 Å². The number of aromatic nitrogens is 1. The van der Waals surface area contributed by atoms with Crippen molar-refractivity contribution in [2.75, 3.05) is 26.0 Å². The van der Waals surface area contributed by atoms with E-state index in [4.69, 9.17) is 4.74 Å². The molecular formula is C20H28N4O2S2. The lowest BCUT2D eigenvalue weighted by Gasteiger charge is -2.16. The number of nitrogens with zero attached hydrogens (tertiary/aromatic N) is 2. The third-order valence-electron chi connectivity index (χ3n) is 3.91. The van der Waals surface area contributed by atoms with Crippen molar-refractivity contribution in [1.29, 1.82) is 0 Å². The van der Waals surface area contributed by atoms with Crippen LogP contribution in [0, 0.1) is 13.8 Å². The average Bonchev–Trinajstić information content (AvgIpc) is 3.07. The van der Waals surface area contributed by atoms with Crippen molar-refractivity contribution >= 4 is 35.0 Å². The number of guanidine groups is 1. The van der Waals surface area contributed by atoms with E-state index in [2.05, 4.69) is 51.8 Å². The number of ether oxygens (including phenoxy) is 1. The summed E-state index contributed by atoms with van der Waals surface area (Å²) < 4.78 is 5.09. The molecule has 1 heterocycles. The molecule has 6 nitrogen and oxygen atoms in total. The zero-order valence-corrected chi connectivity index (χ0v) is 18.7. The van der Waals surface area contributed by atoms with Crippen LogP contribution in [0.1, 0.15) is 45.8 Å². The zero-order valence-electron chi connectivity index (χ0n) is 17.0. The van der Waals surface area contributed by atoms with Gasteiger partial charge in [0, 0.05) is 24.2 Å². The topological polar surface area (TPSA) is 75.6 Å². The Bertz CT molecular complexity index is 803. The third-order valence-corrected chi connectivity index (χ3v) is 6.24. The number of rotatable bonds is 8. The van der Waals surface area contributed by atoms with Gasteiger partial charge in [-0.25, -0.2) is 9.78 Å². The van der Waals surface area contributed by atoms with Crippen molar-refractivity contribution in [3.63, 3.8) is 0 Å². The first-order valence-corrected chi connectivity index (χ1v) is 11.1. The van der Waals surface area contributed by atoms with Gasteiger partial charge in [0.05, 0.1) is 18.3 Å². The molecule has 2 N–H and O–H groups in total. The molecule has 0 saturated carbocycles. The lowest BCUT2D eigenvalue weighted by molar-refractivity contribution is 0.0531. The molecule has 1 aromatic carbocycles. The molecule has 28 heavy (non-hydrogen) atoms. The highest BCUT2D eigenvalue weighted by Gasteiger charge is 2.20. The number of thioether (sulfide) groups is 1. The minimum absolute atomic E-state index is 0.0668. The van der Waals surface area contributed by atoms with Crippen LogP contribution in [-0.2, 0) is 4.74 Å². The van der Waals surface area contributed by atoms with Gasteiger partial charge in [0.15, 0.2) is 5.96 Å². The largest absolute Gasteiger partial charge is 0.462 e. The van der Waals surface area contributed by atoms with Crippen LogP contribution in [0.5, 0.6) is 0 Å². The summed E-state index contributed by atoms with van der Waals surface area (Å²) in [6.45, 7) is 8.86. The highest BCUT2D eigenvalue weighted by Crippen LogP contribution is 2.24. The first kappa shape index (κ1) is 22.2. The van der Waals surface area contributed by atoms with E-state index in [0.29, 0.717) is 23.1 Å². The van der Waals surface area contributed by atoms with E-state index < -0.39 is 0 Å². The summed E-state index contributed by atoms with van der Waals surface area (Å²) >= 11 is 3.16. The first-order chi connectivity index (χ1) is 13.4. The maximum Gasteiger partial charge on any atom is 0.350 e. The molecule has 0 aliphatic heterocycles. The van der Waals surface area contributed by atoms with Crippen LogP contribution in [0.25, 0.3) is 0 Å². The van der Waals surface area contributed by atoms with Gasteiger partial charge in [0.2, 0.25) is 0 Å². The van der Waals surface area contributed by atoms with Crippen LogP contribution in [-0.4, -0.2) is 42.9 Å². The predicted molar refractivity (Wildman–Crippen MR) is 118 cm³/mol. The summed E-state index contributed by atoms with van der Waals surface area (Å²) in [4.78, 5) is 22.6. The Balaban J connectivity index is 1.84. The minimum atomic E-state index is -0.313. The molecule has 0 saturated heterocycles. The van der Waals surface area contributed by atoms with E-state index in [0.717, 1.165) is 17.3 Å². The van der Waals surface area contributed by atoms with Crippen LogP contribution in [0.3, 0.4) is 0 Å². The molecule has 1 aromatic heterocycles. The summed E-state index contributed by atoms with van der Waals surface area (Å²) in [7, 11) is 1.74. The monoisotopic (exact) mass is 420 g/mol. The van der Waals surface area contributed by atoms with Gasteiger partial charge in [0.1, 0.15) is 9.88 Å². The van der Waals surface area contributed by atoms with Crippen molar-refractivity contribution < 1.29 is 9.53 Å². The number of aliphatic imine (C=N–C) groups is 1. The van der Waals surface area contributed by atoms with Gasteiger partial charge in [-0.2, -0.15) is 0 Å². The molecule has 2 aromatic rings. The molecule has 0 spiro atoms. The summed E-state index contributed by atoms with van der Waals surface area (Å²) in [6, 6.07) is 8.46. The smallest absolute Gasteiger partial charge is 0.350 e. The number of carbonyl (C=O) groups excluding carboxylic acids is 1. The number of nitrogens with one attached hydrogen (secondary N) is 2. The molecule has 1 atom stereocenters. The molecule has 8 heteroatoms. The van der Waals surface area contributed by atoms with E-state index in [9.17, 15) is 4.79 Å². The number of thiazole rings is 1. The Labute approximate surface area is 175 Å². The van der Waals surface area contributed by atoms with E-state index in [-0.39, 0.29) is 12.0 Å². The number of hydrogen-bond acceptors (Lipinski definition) is 6. The van der Waals surface area contributed by atoms with Crippen LogP contribution in [0.2, 0.25) is 0 Å². The molecule has 0 bridgehead atoms. The Morgan fingerprint density at radius 3 is 2.68 bits per heavy atom. The van der Waals surface area contributed by atoms with Gasteiger partial charge in [-0.05, 0) is 39.8 Å². The van der Waals surface area contributed by atoms with Crippen molar-refractivity contribution in [2.45, 2.75) is 38.6 Å². The van der Waals surface area contributed by atoms with Crippen molar-refractivity contribution in [2.24, 2.45) is 4.99 Å². The minimum Gasteiger partial charge on any atom is -0.462 e. The predicted octanol–water partition coefficient (Wildman–Crippen LogP) is 3.95. The van der Waals surface area contributed by atoms with Crippen LogP contribution < -0.4 is 10.6 Å². The van der Waals surface area contributed by atoms with Crippen LogP contribution in [0.4, 0.5) is 0 Å². The van der Waals surface area contributed by atoms with E-state index in [1.807, 2.05) is 13.8 Å². The highest BCUT2D eigenvalue weighted by molar-refractivity contribution is 7.99. The second-order valence-corrected chi connectivity index (χ2v) is 8.41. The van der Waals surface area contributed by atoms with Gasteiger partial charge in [-0.15, -0.1) is 23.1 Å². The lowest BCUT2D eigenvalue weighted by atomic mass is 10.2. The number of aryl methyl sites for hydroxylation is 2. The first-order valence-electron chi connectivity index (χ1n) is 9.25. The Morgan fingerprint density at radius 1 is 1.32 bits per heavy atom. The summed E-state index contributed by atoms with van der Waals surface area (Å²) in [5.41, 5.74) is 1.97. The zero-order chi connectivity index (χ0) is 20.5. The van der Waals surface area contributed by atoms with Gasteiger partial charge >= 0.3 is 5.97 Å². The molecule has 2 rings (SSSR count). The Morgan fingerprint density at radius 2 is 2.04 bits per heavy atom. The SMILES string of the molecule is CCOC(=O)c1sc(C(C)NC(=NC)NCCSc2ccc(C)cc2)nc1C. The third kappa shape index (κ3) is 6.53. The summed E-state index contributed by atoms with van der Waals surface area (Å²) in [5, 5.41) is 7.48. The quantitative estimate of drug-likeness (QED) is 0.221. The second kappa shape index (κ2) is 11.1. The fraction of sp³-hybridized carbons (Fsp3) is 0.450. The molecule has 0 aliphatic carbocycles. The molecule has 152 valence electrons. The molecule has 0 amide bonds. The van der Waals surface area contributed by atoms with Crippen molar-refractivity contribution in [1.82, 2.24) is 15.6 Å². The summed E-state index contributed by atoms with van der Waals surface area (Å²) in [5.74, 6) is 1.33. The summed E-state index contributed by atoms with van der Waals surface area (Å²) in [6.07, 6.45) is 0. The number of benzene rings is 1. The molecule has 1 unspecified atom stereocenters. The fourth-order valence-corrected chi connectivity index (χ4v) is 4.15. The lowest BCUT2D eigenvalue weighted by Crippen LogP contribution is -2.39. The van der Waals surface area contributed by atoms with E-state index in [1.54, 1.807) is 25.7 Å². The molecule has 0 radical (unpaired) electrons. The van der Waals surface area contributed by atoms with Gasteiger partial charge < -0.3 is 15.4 Å². The van der Waals surface area contributed by atoms with Crippen LogP contribution in [0.15, 0.2) is 34.2 Å². The van der Waals surface area contributed by atoms with Crippen molar-refractivity contribution in [3.8, 4) is 0 Å². The van der Waals surface area contributed by atoms with Gasteiger partial charge in [0.25, 0.3) is 0 Å². The Hall–Kier alpha value is -2.06. The second-order valence-electron chi connectivity index (χ2n) is 6.21. The molecule has 0 aliphatic rings. The number of hydrogen-bond donors (Lipinski definition) is 2. The number of carbonyl (C=O) groups is 1. The van der Waals surface area contributed by atoms with Crippen LogP contribution >= 0.6 is 23.1 Å².